The van der Waals surface area contributed by atoms with Gasteiger partial charge in [0.05, 0.1) is 11.4 Å². The molecule has 0 aromatic heterocycles. The minimum Gasteiger partial charge on any atom is -0.281 e. The van der Waals surface area contributed by atoms with Gasteiger partial charge in [0.1, 0.15) is 5.69 Å². The average molecular weight is 312 g/mol. The van der Waals surface area contributed by atoms with Crippen LogP contribution in [-0.4, -0.2) is 9.97 Å². The third-order valence-electron chi connectivity index (χ3n) is 3.88. The van der Waals surface area contributed by atoms with E-state index in [0.29, 0.717) is 11.4 Å². The molecule has 2 aliphatic rings. The summed E-state index contributed by atoms with van der Waals surface area (Å²) in [6.07, 6.45) is 3.78. The number of nitrogens with zero attached hydrogens (tertiary/aromatic N) is 2. The van der Waals surface area contributed by atoms with Crippen molar-refractivity contribution in [3.63, 3.8) is 0 Å². The smallest absolute Gasteiger partial charge is 0.281 e. The summed E-state index contributed by atoms with van der Waals surface area (Å²) in [6, 6.07) is 19.8. The fourth-order valence-electron chi connectivity index (χ4n) is 2.72. The van der Waals surface area contributed by atoms with Crippen molar-refractivity contribution >= 4 is 12.2 Å². The summed E-state index contributed by atoms with van der Waals surface area (Å²) in [6.45, 7) is 0. The van der Waals surface area contributed by atoms with Crippen molar-refractivity contribution in [1.82, 2.24) is 9.97 Å². The largest absolute Gasteiger partial charge is 0.320 e. The Morgan fingerprint density at radius 3 is 2.33 bits per heavy atom. The van der Waals surface area contributed by atoms with Crippen molar-refractivity contribution in [3.05, 3.63) is 92.5 Å². The van der Waals surface area contributed by atoms with Crippen LogP contribution in [0.2, 0.25) is 0 Å². The van der Waals surface area contributed by atoms with Crippen LogP contribution in [0.1, 0.15) is 11.3 Å². The highest BCUT2D eigenvalue weighted by Crippen LogP contribution is 2.25. The quantitative estimate of drug-likeness (QED) is 0.546. The van der Waals surface area contributed by atoms with Gasteiger partial charge in [-0.1, -0.05) is 60.7 Å². The Kier molecular flexibility index (Phi) is 3.35. The number of rotatable bonds is 3. The molecule has 0 saturated heterocycles. The van der Waals surface area contributed by atoms with Crippen LogP contribution in [0.25, 0.3) is 34.7 Å². The van der Waals surface area contributed by atoms with Gasteiger partial charge >= 0.3 is 5.56 Å². The van der Waals surface area contributed by atoms with Crippen LogP contribution in [0.4, 0.5) is 0 Å². The van der Waals surface area contributed by atoms with Crippen molar-refractivity contribution in [3.8, 4) is 22.5 Å². The summed E-state index contributed by atoms with van der Waals surface area (Å²) < 4.78 is 0. The normalized spacial score (nSPS) is 11.5. The second-order valence-electron chi connectivity index (χ2n) is 5.45. The Bertz CT molecular complexity index is 1090. The first kappa shape index (κ1) is 14.2. The van der Waals surface area contributed by atoms with E-state index in [0.717, 1.165) is 16.7 Å². The van der Waals surface area contributed by atoms with E-state index < -0.39 is 11.0 Å². The summed E-state index contributed by atoms with van der Waals surface area (Å²) in [5.74, 6) is 0. The van der Waals surface area contributed by atoms with Gasteiger partial charge in [-0.2, -0.15) is 0 Å². The molecule has 2 aromatic carbocycles. The van der Waals surface area contributed by atoms with E-state index in [-0.39, 0.29) is 5.69 Å². The molecule has 0 atom stereocenters. The third-order valence-corrected chi connectivity index (χ3v) is 3.88. The molecule has 0 N–H and O–H groups in total. The summed E-state index contributed by atoms with van der Waals surface area (Å²) in [7, 11) is 0. The first-order valence-electron chi connectivity index (χ1n) is 7.53. The first-order chi connectivity index (χ1) is 11.7. The summed E-state index contributed by atoms with van der Waals surface area (Å²) >= 11 is 0. The van der Waals surface area contributed by atoms with Crippen molar-refractivity contribution < 1.29 is 0 Å². The van der Waals surface area contributed by atoms with E-state index in [9.17, 15) is 9.59 Å². The molecule has 0 radical (unpaired) electrons. The highest BCUT2D eigenvalue weighted by atomic mass is 16.2. The molecule has 2 aliphatic heterocycles. The highest BCUT2D eigenvalue weighted by Gasteiger charge is 2.17. The molecule has 0 fully saturated rings. The van der Waals surface area contributed by atoms with Crippen molar-refractivity contribution in [1.29, 1.82) is 0 Å². The lowest BCUT2D eigenvalue weighted by Crippen LogP contribution is -2.19. The predicted molar refractivity (Wildman–Crippen MR) is 94.4 cm³/mol. The molecule has 4 rings (SSSR count). The van der Waals surface area contributed by atoms with Gasteiger partial charge in [-0.15, -0.1) is 0 Å². The van der Waals surface area contributed by atoms with Gasteiger partial charge < -0.3 is 0 Å². The molecule has 0 amide bonds. The zero-order valence-corrected chi connectivity index (χ0v) is 12.6. The first-order valence-corrected chi connectivity index (χ1v) is 7.53. The maximum absolute atomic E-state index is 11.6. The standard InChI is InChI=1S/C20H12N2O2/c23-19-18-17(22-20(19)24)12-15(21-18)11-10-14-8-4-5-9-16(14)13-6-2-1-3-7-13/h1-12H. The lowest BCUT2D eigenvalue weighted by Gasteiger charge is -2.05. The Morgan fingerprint density at radius 1 is 0.792 bits per heavy atom. The number of benzene rings is 2. The third kappa shape index (κ3) is 2.44. The van der Waals surface area contributed by atoms with Gasteiger partial charge in [0.15, 0.2) is 0 Å². The van der Waals surface area contributed by atoms with Crippen LogP contribution >= 0.6 is 0 Å². The Hall–Kier alpha value is -3.40. The van der Waals surface area contributed by atoms with Crippen LogP contribution in [0.3, 0.4) is 0 Å². The van der Waals surface area contributed by atoms with Gasteiger partial charge in [-0.3, -0.25) is 9.59 Å². The number of hydrogen-bond donors (Lipinski definition) is 0. The molecule has 114 valence electrons. The Balaban J connectivity index is 1.73. The zero-order chi connectivity index (χ0) is 16.5. The van der Waals surface area contributed by atoms with Crippen LogP contribution in [0.15, 0.2) is 70.3 Å². The van der Waals surface area contributed by atoms with E-state index in [4.69, 9.17) is 0 Å². The number of hydrogen-bond acceptors (Lipinski definition) is 4. The van der Waals surface area contributed by atoms with Crippen molar-refractivity contribution in [2.24, 2.45) is 0 Å². The Morgan fingerprint density at radius 2 is 1.54 bits per heavy atom. The minimum atomic E-state index is -0.738. The second kappa shape index (κ2) is 5.66. The van der Waals surface area contributed by atoms with Crippen LogP contribution in [0, 0.1) is 0 Å². The summed E-state index contributed by atoms with van der Waals surface area (Å²) in [5, 5.41) is 0. The number of fused-ring (bicyclic) bond motifs is 1. The maximum Gasteiger partial charge on any atom is 0.320 e. The molecule has 4 heteroatoms. The molecule has 0 bridgehead atoms. The van der Waals surface area contributed by atoms with E-state index in [2.05, 4.69) is 28.2 Å². The van der Waals surface area contributed by atoms with E-state index in [1.54, 1.807) is 6.07 Å². The fourth-order valence-corrected chi connectivity index (χ4v) is 2.72. The molecule has 24 heavy (non-hydrogen) atoms. The van der Waals surface area contributed by atoms with Crippen LogP contribution in [-0.2, 0) is 0 Å². The molecular weight excluding hydrogens is 300 g/mol. The topological polar surface area (TPSA) is 59.9 Å². The van der Waals surface area contributed by atoms with Crippen LogP contribution in [0.5, 0.6) is 0 Å². The molecule has 2 aromatic rings. The Labute approximate surface area is 137 Å². The second-order valence-corrected chi connectivity index (χ2v) is 5.45. The molecule has 0 saturated carbocycles. The molecule has 0 aliphatic carbocycles. The molecule has 0 unspecified atom stereocenters. The van der Waals surface area contributed by atoms with Crippen molar-refractivity contribution in [2.45, 2.75) is 0 Å². The highest BCUT2D eigenvalue weighted by molar-refractivity contribution is 5.81. The SMILES string of the molecule is O=c1nc2cc(C=Cc3ccccc3-c3ccccc3)nc-2c1=O. The van der Waals surface area contributed by atoms with Gasteiger partial charge in [-0.25, -0.2) is 9.97 Å². The molecule has 0 spiro atoms. The van der Waals surface area contributed by atoms with Gasteiger partial charge in [-0.05, 0) is 28.8 Å². The molecule has 2 heterocycles. The van der Waals surface area contributed by atoms with Gasteiger partial charge in [0.2, 0.25) is 0 Å². The van der Waals surface area contributed by atoms with Gasteiger partial charge in [0, 0.05) is 0 Å². The van der Waals surface area contributed by atoms with Gasteiger partial charge in [0.25, 0.3) is 5.43 Å². The number of aromatic nitrogens is 2. The molecule has 4 nitrogen and oxygen atoms in total. The molecular formula is C20H12N2O2. The summed E-state index contributed by atoms with van der Waals surface area (Å²) in [4.78, 5) is 30.7. The van der Waals surface area contributed by atoms with E-state index >= 15 is 0 Å². The van der Waals surface area contributed by atoms with Crippen molar-refractivity contribution in [2.75, 3.05) is 0 Å². The lowest BCUT2D eigenvalue weighted by molar-refractivity contribution is 1.30. The predicted octanol–water partition coefficient (Wildman–Crippen LogP) is 3.01. The maximum atomic E-state index is 11.6. The van der Waals surface area contributed by atoms with Crippen LogP contribution < -0.4 is 11.0 Å². The zero-order valence-electron chi connectivity index (χ0n) is 12.6. The lowest BCUT2D eigenvalue weighted by atomic mass is 9.99. The fraction of sp³-hybridized carbons (Fsp3) is 0. The van der Waals surface area contributed by atoms with E-state index in [1.165, 1.54) is 0 Å². The minimum absolute atomic E-state index is 0.149. The summed E-state index contributed by atoms with van der Waals surface area (Å²) in [5.41, 5.74) is 3.05. The van der Waals surface area contributed by atoms with E-state index in [1.807, 2.05) is 48.6 Å². The monoisotopic (exact) mass is 312 g/mol. The average Bonchev–Trinajstić information content (AvgIpc) is 3.13.